The van der Waals surface area contributed by atoms with E-state index in [-0.39, 0.29) is 5.91 Å². The molecule has 0 bridgehead atoms. The Labute approximate surface area is 152 Å². The quantitative estimate of drug-likeness (QED) is 0.815. The molecule has 2 aromatic carbocycles. The predicted octanol–water partition coefficient (Wildman–Crippen LogP) is 3.65. The number of methoxy groups -OCH3 is 3. The Morgan fingerprint density at radius 3 is 2.36 bits per heavy atom. The fourth-order valence-electron chi connectivity index (χ4n) is 2.70. The summed E-state index contributed by atoms with van der Waals surface area (Å²) in [5.41, 5.74) is 2.34. The fourth-order valence-corrected chi connectivity index (χ4v) is 2.87. The molecule has 25 heavy (non-hydrogen) atoms. The molecular weight excluding hydrogens is 342 g/mol. The molecule has 5 nitrogen and oxygen atoms in total. The maximum atomic E-state index is 12.4. The zero-order valence-corrected chi connectivity index (χ0v) is 15.6. The number of carbonyl (C=O) groups is 1. The second kappa shape index (κ2) is 8.62. The van der Waals surface area contributed by atoms with Crippen molar-refractivity contribution >= 4 is 17.5 Å². The lowest BCUT2D eigenvalue weighted by Crippen LogP contribution is -2.26. The largest absolute Gasteiger partial charge is 0.496 e. The van der Waals surface area contributed by atoms with Crippen LogP contribution in [0, 0.1) is 6.92 Å². The summed E-state index contributed by atoms with van der Waals surface area (Å²) in [7, 11) is 4.77. The number of benzene rings is 2. The van der Waals surface area contributed by atoms with E-state index in [4.69, 9.17) is 25.8 Å². The fraction of sp³-hybridized carbons (Fsp3) is 0.316. The second-order valence-corrected chi connectivity index (χ2v) is 5.87. The van der Waals surface area contributed by atoms with Gasteiger partial charge >= 0.3 is 0 Å². The molecule has 2 aromatic rings. The Balaban J connectivity index is 2.07. The molecule has 0 aliphatic heterocycles. The number of nitrogens with one attached hydrogen (secondary N) is 1. The summed E-state index contributed by atoms with van der Waals surface area (Å²) < 4.78 is 16.0. The standard InChI is InChI=1S/C19H22ClNO4/c1-12-16(23-2)7-5-13(18(12)25-4)9-10-21-19(22)15-11-14(20)6-8-17(15)24-3/h5-8,11H,9-10H2,1-4H3,(H,21,22). The summed E-state index contributed by atoms with van der Waals surface area (Å²) in [4.78, 5) is 12.4. The summed E-state index contributed by atoms with van der Waals surface area (Å²) in [6.07, 6.45) is 0.628. The molecule has 0 atom stereocenters. The van der Waals surface area contributed by atoms with E-state index in [1.54, 1.807) is 32.4 Å². The van der Waals surface area contributed by atoms with Crippen molar-refractivity contribution in [2.24, 2.45) is 0 Å². The topological polar surface area (TPSA) is 56.8 Å². The lowest BCUT2D eigenvalue weighted by Gasteiger charge is -2.15. The van der Waals surface area contributed by atoms with Gasteiger partial charge in [-0.1, -0.05) is 17.7 Å². The Bertz CT molecular complexity index is 761. The van der Waals surface area contributed by atoms with Gasteiger partial charge in [-0.2, -0.15) is 0 Å². The molecule has 2 rings (SSSR count). The Hall–Kier alpha value is -2.40. The Morgan fingerprint density at radius 2 is 1.72 bits per heavy atom. The van der Waals surface area contributed by atoms with E-state index in [2.05, 4.69) is 5.32 Å². The molecule has 0 unspecified atom stereocenters. The van der Waals surface area contributed by atoms with E-state index < -0.39 is 0 Å². The van der Waals surface area contributed by atoms with Crippen molar-refractivity contribution in [3.8, 4) is 17.2 Å². The minimum atomic E-state index is -0.233. The summed E-state index contributed by atoms with van der Waals surface area (Å²) >= 11 is 5.97. The number of halogens is 1. The number of amides is 1. The predicted molar refractivity (Wildman–Crippen MR) is 98.3 cm³/mol. The van der Waals surface area contributed by atoms with Gasteiger partial charge in [0.05, 0.1) is 26.9 Å². The summed E-state index contributed by atoms with van der Waals surface area (Å²) in [6, 6.07) is 8.79. The lowest BCUT2D eigenvalue weighted by molar-refractivity contribution is 0.0951. The summed E-state index contributed by atoms with van der Waals surface area (Å²) in [5.74, 6) is 1.80. The minimum Gasteiger partial charge on any atom is -0.496 e. The van der Waals surface area contributed by atoms with Crippen LogP contribution < -0.4 is 19.5 Å². The van der Waals surface area contributed by atoms with Gasteiger partial charge in [-0.05, 0) is 43.2 Å². The van der Waals surface area contributed by atoms with Crippen molar-refractivity contribution in [2.45, 2.75) is 13.3 Å². The number of carbonyl (C=O) groups excluding carboxylic acids is 1. The van der Waals surface area contributed by atoms with Gasteiger partial charge < -0.3 is 19.5 Å². The maximum absolute atomic E-state index is 12.4. The van der Waals surface area contributed by atoms with Crippen molar-refractivity contribution in [3.05, 3.63) is 52.0 Å². The Morgan fingerprint density at radius 1 is 1.04 bits per heavy atom. The smallest absolute Gasteiger partial charge is 0.255 e. The normalized spacial score (nSPS) is 10.3. The molecule has 134 valence electrons. The van der Waals surface area contributed by atoms with Crippen LogP contribution in [0.4, 0.5) is 0 Å². The molecular formula is C19H22ClNO4. The highest BCUT2D eigenvalue weighted by molar-refractivity contribution is 6.31. The van der Waals surface area contributed by atoms with Crippen LogP contribution in [0.3, 0.4) is 0 Å². The van der Waals surface area contributed by atoms with Gasteiger partial charge in [-0.3, -0.25) is 4.79 Å². The second-order valence-electron chi connectivity index (χ2n) is 5.44. The van der Waals surface area contributed by atoms with Crippen LogP contribution in [-0.2, 0) is 6.42 Å². The molecule has 1 amide bonds. The van der Waals surface area contributed by atoms with Crippen molar-refractivity contribution in [2.75, 3.05) is 27.9 Å². The first-order chi connectivity index (χ1) is 12.0. The highest BCUT2D eigenvalue weighted by Crippen LogP contribution is 2.31. The molecule has 6 heteroatoms. The van der Waals surface area contributed by atoms with Crippen LogP contribution in [0.25, 0.3) is 0 Å². The van der Waals surface area contributed by atoms with E-state index in [0.29, 0.717) is 29.3 Å². The third kappa shape index (κ3) is 4.37. The van der Waals surface area contributed by atoms with Gasteiger partial charge in [0, 0.05) is 17.1 Å². The summed E-state index contributed by atoms with van der Waals surface area (Å²) in [5, 5.41) is 3.37. The van der Waals surface area contributed by atoms with Gasteiger partial charge in [-0.15, -0.1) is 0 Å². The molecule has 0 heterocycles. The van der Waals surface area contributed by atoms with Crippen LogP contribution in [0.2, 0.25) is 5.02 Å². The van der Waals surface area contributed by atoms with E-state index in [9.17, 15) is 4.79 Å². The number of rotatable bonds is 7. The number of hydrogen-bond donors (Lipinski definition) is 1. The van der Waals surface area contributed by atoms with Crippen LogP contribution in [0.1, 0.15) is 21.5 Å². The van der Waals surface area contributed by atoms with Crippen LogP contribution >= 0.6 is 11.6 Å². The molecule has 0 saturated heterocycles. The SMILES string of the molecule is COc1ccc(Cl)cc1C(=O)NCCc1ccc(OC)c(C)c1OC. The zero-order chi connectivity index (χ0) is 18.4. The zero-order valence-electron chi connectivity index (χ0n) is 14.8. The van der Waals surface area contributed by atoms with E-state index in [1.165, 1.54) is 7.11 Å². The van der Waals surface area contributed by atoms with E-state index in [1.807, 2.05) is 19.1 Å². The van der Waals surface area contributed by atoms with Crippen LogP contribution in [0.5, 0.6) is 17.2 Å². The van der Waals surface area contributed by atoms with E-state index in [0.717, 1.165) is 22.6 Å². The Kier molecular flexibility index (Phi) is 6.53. The van der Waals surface area contributed by atoms with Gasteiger partial charge in [0.25, 0.3) is 5.91 Å². The molecule has 0 radical (unpaired) electrons. The highest BCUT2D eigenvalue weighted by atomic mass is 35.5. The van der Waals surface area contributed by atoms with Crippen molar-refractivity contribution in [1.82, 2.24) is 5.32 Å². The number of hydrogen-bond acceptors (Lipinski definition) is 4. The van der Waals surface area contributed by atoms with Crippen molar-refractivity contribution < 1.29 is 19.0 Å². The minimum absolute atomic E-state index is 0.233. The van der Waals surface area contributed by atoms with Gasteiger partial charge in [-0.25, -0.2) is 0 Å². The first-order valence-electron chi connectivity index (χ1n) is 7.84. The molecule has 0 spiro atoms. The van der Waals surface area contributed by atoms with Crippen LogP contribution in [-0.4, -0.2) is 33.8 Å². The molecule has 0 saturated carbocycles. The molecule has 0 fully saturated rings. The molecule has 0 aromatic heterocycles. The van der Waals surface area contributed by atoms with Crippen LogP contribution in [0.15, 0.2) is 30.3 Å². The molecule has 1 N–H and O–H groups in total. The molecule has 0 aliphatic rings. The first-order valence-corrected chi connectivity index (χ1v) is 8.21. The van der Waals surface area contributed by atoms with Gasteiger partial charge in [0.15, 0.2) is 0 Å². The number of ether oxygens (including phenoxy) is 3. The maximum Gasteiger partial charge on any atom is 0.255 e. The van der Waals surface area contributed by atoms with Gasteiger partial charge in [0.2, 0.25) is 0 Å². The van der Waals surface area contributed by atoms with Gasteiger partial charge in [0.1, 0.15) is 17.2 Å². The third-order valence-corrected chi connectivity index (χ3v) is 4.18. The monoisotopic (exact) mass is 363 g/mol. The van der Waals surface area contributed by atoms with Crippen molar-refractivity contribution in [3.63, 3.8) is 0 Å². The average Bonchev–Trinajstić information content (AvgIpc) is 2.61. The summed E-state index contributed by atoms with van der Waals surface area (Å²) in [6.45, 7) is 2.40. The lowest BCUT2D eigenvalue weighted by atomic mass is 10.1. The average molecular weight is 364 g/mol. The molecule has 0 aliphatic carbocycles. The first kappa shape index (κ1) is 18.9. The highest BCUT2D eigenvalue weighted by Gasteiger charge is 2.14. The third-order valence-electron chi connectivity index (χ3n) is 3.95. The van der Waals surface area contributed by atoms with E-state index >= 15 is 0 Å². The van der Waals surface area contributed by atoms with Crippen molar-refractivity contribution in [1.29, 1.82) is 0 Å².